The van der Waals surface area contributed by atoms with Crippen molar-refractivity contribution < 1.29 is 35.4 Å². The highest BCUT2D eigenvalue weighted by Crippen LogP contribution is 2.68. The smallest absolute Gasteiger partial charge is 0.159 e. The maximum Gasteiger partial charge on any atom is 0.159 e. The zero-order valence-corrected chi connectivity index (χ0v) is 21.1. The number of carbonyl (C=O) groups is 1. The molecule has 194 valence electrons. The number of aliphatic hydroxyl groups excluding tert-OH is 4. The molecule has 0 amide bonds. The molecule has 7 nitrogen and oxygen atoms in total. The highest BCUT2D eigenvalue weighted by Gasteiger charge is 2.69. The van der Waals surface area contributed by atoms with E-state index in [0.717, 1.165) is 12.0 Å². The monoisotopic (exact) mass is 480 g/mol. The Morgan fingerprint density at radius 3 is 2.44 bits per heavy atom. The molecular formula is C27H44O7. The second-order valence-electron chi connectivity index (χ2n) is 12.7. The fraction of sp³-hybridized carbons (Fsp3) is 0.889. The number of carbonyl (C=O) groups excluding carboxylic acids is 1. The summed E-state index contributed by atoms with van der Waals surface area (Å²) in [6.45, 7) is 7.59. The quantitative estimate of drug-likeness (QED) is 0.340. The van der Waals surface area contributed by atoms with Gasteiger partial charge in [-0.25, -0.2) is 0 Å². The molecule has 4 rings (SSSR count). The first kappa shape index (κ1) is 26.2. The molecule has 34 heavy (non-hydrogen) atoms. The third-order valence-corrected chi connectivity index (χ3v) is 10.7. The lowest BCUT2D eigenvalue weighted by molar-refractivity contribution is -0.176. The van der Waals surface area contributed by atoms with Gasteiger partial charge in [0.05, 0.1) is 29.5 Å². The summed E-state index contributed by atoms with van der Waals surface area (Å²) in [6.07, 6.45) is 2.65. The molecule has 3 saturated carbocycles. The summed E-state index contributed by atoms with van der Waals surface area (Å²) in [5, 5.41) is 64.7. The fourth-order valence-corrected chi connectivity index (χ4v) is 8.37. The predicted molar refractivity (Wildman–Crippen MR) is 127 cm³/mol. The summed E-state index contributed by atoms with van der Waals surface area (Å²) in [5.41, 5.74) is -3.21. The average molecular weight is 481 g/mol. The predicted octanol–water partition coefficient (Wildman–Crippen LogP) is 1.71. The van der Waals surface area contributed by atoms with Crippen LogP contribution in [0.15, 0.2) is 11.6 Å². The molecule has 3 fully saturated rings. The topological polar surface area (TPSA) is 138 Å². The van der Waals surface area contributed by atoms with Gasteiger partial charge in [0.25, 0.3) is 0 Å². The number of hydrogen-bond donors (Lipinski definition) is 6. The lowest BCUT2D eigenvalue weighted by Gasteiger charge is -2.60. The van der Waals surface area contributed by atoms with Crippen molar-refractivity contribution in [2.45, 2.75) is 109 Å². The summed E-state index contributed by atoms with van der Waals surface area (Å²) in [7, 11) is 0. The molecule has 4 aliphatic carbocycles. The van der Waals surface area contributed by atoms with E-state index in [1.165, 1.54) is 0 Å². The lowest BCUT2D eigenvalue weighted by atomic mass is 9.45. The Morgan fingerprint density at radius 1 is 1.12 bits per heavy atom. The van der Waals surface area contributed by atoms with Gasteiger partial charge in [0.2, 0.25) is 0 Å². The normalized spacial score (nSPS) is 47.6. The fourth-order valence-electron chi connectivity index (χ4n) is 8.37. The maximum atomic E-state index is 13.3. The van der Waals surface area contributed by atoms with Crippen LogP contribution in [0.4, 0.5) is 0 Å². The largest absolute Gasteiger partial charge is 0.396 e. The van der Waals surface area contributed by atoms with Gasteiger partial charge in [0.15, 0.2) is 5.78 Å². The molecule has 0 bridgehead atoms. The van der Waals surface area contributed by atoms with E-state index in [4.69, 9.17) is 0 Å². The summed E-state index contributed by atoms with van der Waals surface area (Å²) >= 11 is 0. The molecule has 6 N–H and O–H groups in total. The molecule has 11 atom stereocenters. The first-order chi connectivity index (χ1) is 15.7. The molecule has 0 radical (unpaired) electrons. The molecule has 0 saturated heterocycles. The summed E-state index contributed by atoms with van der Waals surface area (Å²) in [4.78, 5) is 13.3. The van der Waals surface area contributed by atoms with E-state index in [0.29, 0.717) is 38.5 Å². The van der Waals surface area contributed by atoms with E-state index in [9.17, 15) is 35.4 Å². The molecule has 0 heterocycles. The summed E-state index contributed by atoms with van der Waals surface area (Å²) < 4.78 is 0. The van der Waals surface area contributed by atoms with Crippen LogP contribution in [0, 0.1) is 34.5 Å². The van der Waals surface area contributed by atoms with Gasteiger partial charge >= 0.3 is 0 Å². The van der Waals surface area contributed by atoms with Gasteiger partial charge in [0, 0.05) is 17.9 Å². The molecular weight excluding hydrogens is 436 g/mol. The summed E-state index contributed by atoms with van der Waals surface area (Å²) in [5.74, 6) is -0.859. The van der Waals surface area contributed by atoms with E-state index < -0.39 is 40.3 Å². The first-order valence-electron chi connectivity index (χ1n) is 13.1. The van der Waals surface area contributed by atoms with Gasteiger partial charge in [-0.2, -0.15) is 0 Å². The molecule has 0 aromatic rings. The highest BCUT2D eigenvalue weighted by molar-refractivity contribution is 5.95. The van der Waals surface area contributed by atoms with Gasteiger partial charge in [0.1, 0.15) is 0 Å². The highest BCUT2D eigenvalue weighted by atomic mass is 16.3. The number of hydrogen-bond acceptors (Lipinski definition) is 7. The molecule has 0 spiro atoms. The van der Waals surface area contributed by atoms with E-state index in [-0.39, 0.29) is 42.5 Å². The van der Waals surface area contributed by atoms with Crippen molar-refractivity contribution in [2.24, 2.45) is 34.5 Å². The van der Waals surface area contributed by atoms with Crippen molar-refractivity contribution in [3.63, 3.8) is 0 Å². The minimum absolute atomic E-state index is 0.0326. The van der Waals surface area contributed by atoms with Crippen molar-refractivity contribution in [1.29, 1.82) is 0 Å². The van der Waals surface area contributed by atoms with Gasteiger partial charge in [-0.05, 0) is 93.1 Å². The van der Waals surface area contributed by atoms with Crippen molar-refractivity contribution in [3.8, 4) is 0 Å². The Labute approximate surface area is 202 Å². The Kier molecular flexibility index (Phi) is 6.66. The molecule has 0 aromatic carbocycles. The second-order valence-corrected chi connectivity index (χ2v) is 12.7. The minimum Gasteiger partial charge on any atom is -0.396 e. The third kappa shape index (κ3) is 3.65. The zero-order valence-electron chi connectivity index (χ0n) is 21.1. The first-order valence-corrected chi connectivity index (χ1v) is 13.1. The van der Waals surface area contributed by atoms with Crippen LogP contribution in [-0.4, -0.2) is 72.5 Å². The Balaban J connectivity index is 1.65. The van der Waals surface area contributed by atoms with Gasteiger partial charge in [-0.1, -0.05) is 20.8 Å². The van der Waals surface area contributed by atoms with Crippen LogP contribution < -0.4 is 0 Å². The molecule has 4 aliphatic rings. The Bertz CT molecular complexity index is 839. The van der Waals surface area contributed by atoms with E-state index in [2.05, 4.69) is 0 Å². The third-order valence-electron chi connectivity index (χ3n) is 10.7. The van der Waals surface area contributed by atoms with Crippen LogP contribution in [0.5, 0.6) is 0 Å². The Hall–Kier alpha value is -0.830. The van der Waals surface area contributed by atoms with E-state index in [1.54, 1.807) is 13.0 Å². The lowest BCUT2D eigenvalue weighted by Crippen LogP contribution is -2.62. The Morgan fingerprint density at radius 2 is 1.79 bits per heavy atom. The SMILES string of the molecule is CC(CO)CCC(O)C(C)(O)[C@H]1CC[C@@]2(O)C3=CC(=O)[C@@H]4C[C@@H](O)[C@@H](O)C[C@]4(C)[C@H]3CC[C@]12C. The van der Waals surface area contributed by atoms with Crippen LogP contribution >= 0.6 is 0 Å². The van der Waals surface area contributed by atoms with Crippen LogP contribution in [-0.2, 0) is 4.79 Å². The minimum atomic E-state index is -1.42. The van der Waals surface area contributed by atoms with Crippen molar-refractivity contribution in [1.82, 2.24) is 0 Å². The number of fused-ring (bicyclic) bond motifs is 5. The zero-order chi connectivity index (χ0) is 25.3. The molecule has 7 heteroatoms. The molecule has 0 aliphatic heterocycles. The average Bonchev–Trinajstić information content (AvgIpc) is 3.06. The van der Waals surface area contributed by atoms with Crippen LogP contribution in [0.1, 0.15) is 79.1 Å². The maximum absolute atomic E-state index is 13.3. The van der Waals surface area contributed by atoms with E-state index >= 15 is 0 Å². The van der Waals surface area contributed by atoms with Crippen molar-refractivity contribution in [2.75, 3.05) is 6.61 Å². The van der Waals surface area contributed by atoms with Crippen molar-refractivity contribution in [3.05, 3.63) is 11.6 Å². The van der Waals surface area contributed by atoms with Gasteiger partial charge in [-0.3, -0.25) is 4.79 Å². The van der Waals surface area contributed by atoms with Gasteiger partial charge < -0.3 is 30.6 Å². The molecule has 3 unspecified atom stereocenters. The van der Waals surface area contributed by atoms with Crippen LogP contribution in [0.2, 0.25) is 0 Å². The van der Waals surface area contributed by atoms with Crippen LogP contribution in [0.25, 0.3) is 0 Å². The second kappa shape index (κ2) is 8.63. The number of rotatable bonds is 6. The number of aliphatic hydroxyl groups is 6. The van der Waals surface area contributed by atoms with Crippen molar-refractivity contribution >= 4 is 5.78 Å². The number of allylic oxidation sites excluding steroid dienone is 1. The van der Waals surface area contributed by atoms with E-state index in [1.807, 2.05) is 20.8 Å². The van der Waals surface area contributed by atoms with Crippen LogP contribution in [0.3, 0.4) is 0 Å². The number of ketones is 1. The van der Waals surface area contributed by atoms with Gasteiger partial charge in [-0.15, -0.1) is 0 Å². The standard InChI is InChI=1S/C27H44O7/c1-15(14-28)5-6-23(32)26(4,33)22-8-10-27(34)17-11-19(29)18-12-20(30)21(31)13-24(18,2)16(17)7-9-25(22,27)3/h11,15-16,18,20-23,28,30-34H,5-10,12-14H2,1-4H3/t15?,16-,18-,20+,21-,22-,23?,24+,25+,26?,27+/m0/s1. The summed E-state index contributed by atoms with van der Waals surface area (Å²) in [6, 6.07) is 0. The molecule has 0 aromatic heterocycles.